The Kier molecular flexibility index (Phi) is 3.83. The Hall–Kier alpha value is -2.77. The monoisotopic (exact) mass is 373 g/mol. The van der Waals surface area contributed by atoms with Crippen LogP contribution in [0.25, 0.3) is 0 Å². The highest BCUT2D eigenvalue weighted by Crippen LogP contribution is 2.59. The van der Waals surface area contributed by atoms with E-state index >= 15 is 0 Å². The van der Waals surface area contributed by atoms with Gasteiger partial charge in [-0.1, -0.05) is 17.7 Å². The van der Waals surface area contributed by atoms with Crippen LogP contribution in [0.3, 0.4) is 0 Å². The predicted octanol–water partition coefficient (Wildman–Crippen LogP) is 2.57. The number of rotatable bonds is 2. The number of nitrogens with zero attached hydrogens (tertiary/aromatic N) is 2. The van der Waals surface area contributed by atoms with Gasteiger partial charge in [0.2, 0.25) is 5.96 Å². The molecule has 2 fully saturated rings. The normalized spacial score (nSPS) is 27.4. The fraction of sp³-hybridized carbons (Fsp3) is 0.421. The highest BCUT2D eigenvalue weighted by Gasteiger charge is 2.72. The molecule has 27 heavy (non-hydrogen) atoms. The minimum Gasteiger partial charge on any atom is -0.360 e. The molecule has 3 aliphatic rings. The van der Waals surface area contributed by atoms with Crippen LogP contribution in [0.1, 0.15) is 16.7 Å². The van der Waals surface area contributed by atoms with Crippen LogP contribution in [0.4, 0.5) is 14.5 Å². The summed E-state index contributed by atoms with van der Waals surface area (Å²) in [5.74, 6) is -4.40. The highest BCUT2D eigenvalue weighted by atomic mass is 19.3. The Balaban J connectivity index is 1.50. The lowest BCUT2D eigenvalue weighted by Gasteiger charge is -2.26. The lowest BCUT2D eigenvalue weighted by molar-refractivity contribution is -0.116. The first-order chi connectivity index (χ1) is 12.7. The van der Waals surface area contributed by atoms with Crippen molar-refractivity contribution in [2.45, 2.75) is 26.7 Å². The summed E-state index contributed by atoms with van der Waals surface area (Å²) in [5.41, 5.74) is 4.20. The number of halogens is 2. The van der Waals surface area contributed by atoms with Gasteiger partial charge in [-0.15, -0.1) is 0 Å². The Morgan fingerprint density at radius 2 is 1.85 bits per heavy atom. The molecule has 0 spiro atoms. The number of anilines is 1. The average molecular weight is 373 g/mol. The number of piperidine rings is 1. The van der Waals surface area contributed by atoms with Gasteiger partial charge in [0, 0.05) is 25.0 Å². The lowest BCUT2D eigenvalue weighted by atomic mass is 10.1. The zero-order valence-electron chi connectivity index (χ0n) is 15.4. The van der Waals surface area contributed by atoms with Crippen molar-refractivity contribution in [2.75, 3.05) is 18.4 Å². The number of amidine groups is 1. The van der Waals surface area contributed by atoms with E-state index in [0.717, 1.165) is 22.4 Å². The average Bonchev–Trinajstić information content (AvgIpc) is 2.94. The van der Waals surface area contributed by atoms with E-state index in [4.69, 9.17) is 5.41 Å². The van der Waals surface area contributed by atoms with Crippen molar-refractivity contribution in [1.82, 2.24) is 10.2 Å². The summed E-state index contributed by atoms with van der Waals surface area (Å²) in [7, 11) is 0. The van der Waals surface area contributed by atoms with Crippen molar-refractivity contribution >= 4 is 23.4 Å². The van der Waals surface area contributed by atoms with Gasteiger partial charge in [0.1, 0.15) is 0 Å². The zero-order valence-corrected chi connectivity index (χ0v) is 15.4. The van der Waals surface area contributed by atoms with E-state index < -0.39 is 23.7 Å². The van der Waals surface area contributed by atoms with Gasteiger partial charge in [0.15, 0.2) is 5.84 Å². The van der Waals surface area contributed by atoms with Crippen molar-refractivity contribution in [3.8, 4) is 0 Å². The smallest absolute Gasteiger partial charge is 0.263 e. The number of alkyl halides is 2. The number of guanidine groups is 1. The molecule has 142 valence electrons. The van der Waals surface area contributed by atoms with Gasteiger partial charge in [0.05, 0.1) is 17.4 Å². The summed E-state index contributed by atoms with van der Waals surface area (Å²) >= 11 is 0. The predicted molar refractivity (Wildman–Crippen MR) is 99.2 cm³/mol. The second kappa shape index (κ2) is 5.87. The van der Waals surface area contributed by atoms with Crippen LogP contribution in [-0.2, 0) is 4.79 Å². The molecular weight excluding hydrogens is 352 g/mol. The fourth-order valence-electron chi connectivity index (χ4n) is 3.99. The lowest BCUT2D eigenvalue weighted by Crippen LogP contribution is -2.49. The second-order valence-electron chi connectivity index (χ2n) is 7.51. The molecule has 1 saturated carbocycles. The van der Waals surface area contributed by atoms with E-state index in [-0.39, 0.29) is 30.5 Å². The van der Waals surface area contributed by atoms with Crippen LogP contribution >= 0.6 is 0 Å². The molecule has 0 bridgehead atoms. The Bertz CT molecular complexity index is 884. The number of amides is 1. The van der Waals surface area contributed by atoms with Crippen LogP contribution in [-0.4, -0.2) is 41.6 Å². The van der Waals surface area contributed by atoms with E-state index in [1.165, 1.54) is 6.20 Å². The summed E-state index contributed by atoms with van der Waals surface area (Å²) in [6.45, 7) is 6.27. The number of aryl methyl sites for hydroxylation is 3. The van der Waals surface area contributed by atoms with Crippen molar-refractivity contribution in [3.05, 3.63) is 40.6 Å². The minimum absolute atomic E-state index is 0.104. The molecule has 1 aliphatic carbocycles. The molecule has 1 saturated heterocycles. The molecule has 2 atom stereocenters. The third-order valence-corrected chi connectivity index (χ3v) is 5.48. The zero-order chi connectivity index (χ0) is 19.5. The number of likely N-dealkylation sites (tertiary alicyclic amines) is 1. The Labute approximate surface area is 155 Å². The molecule has 0 radical (unpaired) electrons. The fourth-order valence-corrected chi connectivity index (χ4v) is 3.99. The number of aliphatic imine (C=N–C) groups is 1. The van der Waals surface area contributed by atoms with Crippen LogP contribution in [0.2, 0.25) is 0 Å². The summed E-state index contributed by atoms with van der Waals surface area (Å²) in [6.07, 6.45) is 1.47. The molecule has 4 rings (SSSR count). The number of benzene rings is 1. The molecule has 1 aromatic rings. The molecule has 8 heteroatoms. The van der Waals surface area contributed by atoms with E-state index in [2.05, 4.69) is 15.6 Å². The molecule has 0 aromatic heterocycles. The first kappa shape index (κ1) is 17.6. The third-order valence-electron chi connectivity index (χ3n) is 5.48. The number of fused-ring (bicyclic) bond motifs is 1. The second-order valence-corrected chi connectivity index (χ2v) is 7.51. The number of carbonyl (C=O) groups is 1. The standard InChI is InChI=1S/C19H21F2N5O/c1-9-4-10(2)15(11(3)5-9)23-6-12-16(22)24-18(25-17(12)27)26-7-13-14(8-26)19(13,20)21/h4-6,13-14,23H,7-8H2,1-3H3,(H2,22,24,25,27)/b12-6+. The first-order valence-corrected chi connectivity index (χ1v) is 8.84. The molecule has 1 amide bonds. The van der Waals surface area contributed by atoms with Crippen LogP contribution in [0, 0.1) is 38.0 Å². The number of hydrogen-bond donors (Lipinski definition) is 3. The first-order valence-electron chi connectivity index (χ1n) is 8.84. The molecule has 2 heterocycles. The topological polar surface area (TPSA) is 80.6 Å². The summed E-state index contributed by atoms with van der Waals surface area (Å²) in [6, 6.07) is 4.07. The quantitative estimate of drug-likeness (QED) is 0.697. The number of hydrogen-bond acceptors (Lipinski definition) is 4. The molecular formula is C19H21F2N5O. The van der Waals surface area contributed by atoms with Gasteiger partial charge in [-0.05, 0) is 31.9 Å². The maximum atomic E-state index is 13.3. The summed E-state index contributed by atoms with van der Waals surface area (Å²) in [4.78, 5) is 18.2. The third kappa shape index (κ3) is 2.89. The van der Waals surface area contributed by atoms with Crippen LogP contribution in [0.15, 0.2) is 28.9 Å². The molecule has 6 nitrogen and oxygen atoms in total. The Morgan fingerprint density at radius 1 is 1.26 bits per heavy atom. The van der Waals surface area contributed by atoms with Crippen molar-refractivity contribution in [2.24, 2.45) is 16.8 Å². The number of carbonyl (C=O) groups excluding carboxylic acids is 1. The maximum absolute atomic E-state index is 13.3. The van der Waals surface area contributed by atoms with Crippen LogP contribution < -0.4 is 10.6 Å². The van der Waals surface area contributed by atoms with Gasteiger partial charge in [-0.2, -0.15) is 4.99 Å². The number of nitrogens with one attached hydrogen (secondary N) is 3. The summed E-state index contributed by atoms with van der Waals surface area (Å²) in [5, 5.41) is 13.8. The molecule has 1 aromatic carbocycles. The summed E-state index contributed by atoms with van der Waals surface area (Å²) < 4.78 is 26.7. The van der Waals surface area contributed by atoms with Gasteiger partial charge >= 0.3 is 0 Å². The highest BCUT2D eigenvalue weighted by molar-refractivity contribution is 6.28. The van der Waals surface area contributed by atoms with Crippen molar-refractivity contribution in [1.29, 1.82) is 5.41 Å². The Morgan fingerprint density at radius 3 is 2.41 bits per heavy atom. The van der Waals surface area contributed by atoms with Crippen LogP contribution in [0.5, 0.6) is 0 Å². The van der Waals surface area contributed by atoms with E-state index in [1.807, 2.05) is 32.9 Å². The SMILES string of the molecule is Cc1cc(C)c(N/C=C2\C(=N)N=C(N3CC4C(C3)C4(F)F)NC2=O)c(C)c1. The minimum atomic E-state index is -2.60. The maximum Gasteiger partial charge on any atom is 0.263 e. The van der Waals surface area contributed by atoms with E-state index in [1.54, 1.807) is 4.90 Å². The molecule has 2 unspecified atom stereocenters. The van der Waals surface area contributed by atoms with E-state index in [0.29, 0.717) is 0 Å². The van der Waals surface area contributed by atoms with Gasteiger partial charge in [-0.25, -0.2) is 8.78 Å². The van der Waals surface area contributed by atoms with Gasteiger partial charge in [0.25, 0.3) is 11.8 Å². The van der Waals surface area contributed by atoms with Crippen molar-refractivity contribution < 1.29 is 13.6 Å². The van der Waals surface area contributed by atoms with E-state index in [9.17, 15) is 13.6 Å². The molecule has 3 N–H and O–H groups in total. The van der Waals surface area contributed by atoms with Gasteiger partial charge < -0.3 is 10.2 Å². The van der Waals surface area contributed by atoms with Gasteiger partial charge in [-0.3, -0.25) is 15.5 Å². The van der Waals surface area contributed by atoms with Crippen molar-refractivity contribution in [3.63, 3.8) is 0 Å². The largest absolute Gasteiger partial charge is 0.360 e. The molecule has 2 aliphatic heterocycles.